The second kappa shape index (κ2) is 6.93. The number of benzene rings is 2. The number of aliphatic carboxylic acids is 1. The average Bonchev–Trinajstić information content (AvgIpc) is 2.56. The minimum atomic E-state index is -4.48. The molecule has 30 heavy (non-hydrogen) atoms. The van der Waals surface area contributed by atoms with Gasteiger partial charge in [-0.1, -0.05) is 6.07 Å². The fourth-order valence-corrected chi connectivity index (χ4v) is 4.14. The zero-order valence-electron chi connectivity index (χ0n) is 17.1. The molecule has 4 rings (SSSR count). The molecule has 0 bridgehead atoms. The highest BCUT2D eigenvalue weighted by atomic mass is 19.4. The number of hydrogen-bond donors (Lipinski definition) is 1. The topological polar surface area (TPSA) is 49.8 Å². The molecule has 0 aromatic heterocycles. The highest BCUT2D eigenvalue weighted by molar-refractivity contribution is 5.78. The molecule has 0 unspecified atom stereocenters. The normalized spacial score (nSPS) is 18.4. The molecule has 0 saturated carbocycles. The summed E-state index contributed by atoms with van der Waals surface area (Å²) < 4.78 is 46.7. The van der Waals surface area contributed by atoms with E-state index in [-0.39, 0.29) is 5.75 Å². The van der Waals surface area contributed by atoms with Crippen LogP contribution in [-0.4, -0.2) is 29.8 Å². The molecule has 4 nitrogen and oxygen atoms in total. The number of hydrogen-bond acceptors (Lipinski definition) is 3. The first-order chi connectivity index (χ1) is 13.9. The van der Waals surface area contributed by atoms with Crippen LogP contribution in [0.25, 0.3) is 11.1 Å². The number of aryl methyl sites for hydroxylation is 1. The monoisotopic (exact) mass is 419 g/mol. The summed E-state index contributed by atoms with van der Waals surface area (Å²) in [5.74, 6) is -0.953. The molecule has 0 aliphatic carbocycles. The van der Waals surface area contributed by atoms with Crippen molar-refractivity contribution in [2.45, 2.75) is 45.4 Å². The molecule has 2 aliphatic rings. The molecule has 2 heterocycles. The van der Waals surface area contributed by atoms with Gasteiger partial charge in [0.2, 0.25) is 0 Å². The Bertz CT molecular complexity index is 1010. The van der Waals surface area contributed by atoms with Crippen molar-refractivity contribution in [1.29, 1.82) is 0 Å². The van der Waals surface area contributed by atoms with E-state index in [1.807, 2.05) is 43.9 Å². The van der Waals surface area contributed by atoms with Gasteiger partial charge in [0.25, 0.3) is 0 Å². The van der Waals surface area contributed by atoms with Crippen molar-refractivity contribution < 1.29 is 27.8 Å². The van der Waals surface area contributed by atoms with Gasteiger partial charge in [0.1, 0.15) is 11.4 Å². The number of fused-ring (bicyclic) bond motifs is 1. The van der Waals surface area contributed by atoms with Gasteiger partial charge in [-0.15, -0.1) is 0 Å². The van der Waals surface area contributed by atoms with E-state index >= 15 is 0 Å². The van der Waals surface area contributed by atoms with Gasteiger partial charge in [0.15, 0.2) is 0 Å². The van der Waals surface area contributed by atoms with Crippen molar-refractivity contribution in [1.82, 2.24) is 0 Å². The lowest BCUT2D eigenvalue weighted by Gasteiger charge is -2.39. The number of carboxylic acids is 1. The highest BCUT2D eigenvalue weighted by Gasteiger charge is 2.36. The van der Waals surface area contributed by atoms with Gasteiger partial charge in [-0.3, -0.25) is 4.79 Å². The Balaban J connectivity index is 1.79. The first kappa shape index (κ1) is 20.6. The number of nitrogens with zero attached hydrogens (tertiary/aromatic N) is 1. The molecule has 0 spiro atoms. The van der Waals surface area contributed by atoms with Crippen LogP contribution in [0.4, 0.5) is 18.9 Å². The Morgan fingerprint density at radius 2 is 1.87 bits per heavy atom. The average molecular weight is 419 g/mol. The minimum absolute atomic E-state index is 0.286. The summed E-state index contributed by atoms with van der Waals surface area (Å²) in [6.45, 7) is 6.44. The first-order valence-corrected chi connectivity index (χ1v) is 9.96. The van der Waals surface area contributed by atoms with Crippen molar-refractivity contribution in [3.8, 4) is 16.9 Å². The molecule has 0 atom stereocenters. The quantitative estimate of drug-likeness (QED) is 0.733. The van der Waals surface area contributed by atoms with Crippen LogP contribution in [0.3, 0.4) is 0 Å². The van der Waals surface area contributed by atoms with E-state index < -0.39 is 29.2 Å². The Morgan fingerprint density at radius 3 is 2.50 bits per heavy atom. The molecular formula is C23H24F3NO3. The molecule has 2 aromatic rings. The molecule has 0 radical (unpaired) electrons. The van der Waals surface area contributed by atoms with Gasteiger partial charge >= 0.3 is 12.1 Å². The van der Waals surface area contributed by atoms with Crippen LogP contribution in [-0.2, 0) is 17.4 Å². The summed E-state index contributed by atoms with van der Waals surface area (Å²) in [7, 11) is 0. The molecule has 1 fully saturated rings. The third-order valence-corrected chi connectivity index (χ3v) is 5.87. The van der Waals surface area contributed by atoms with E-state index in [1.54, 1.807) is 0 Å². The Kier molecular flexibility index (Phi) is 4.75. The van der Waals surface area contributed by atoms with E-state index in [0.29, 0.717) is 37.1 Å². The number of ether oxygens (including phenoxy) is 1. The molecular weight excluding hydrogens is 395 g/mol. The fraction of sp³-hybridized carbons (Fsp3) is 0.435. The van der Waals surface area contributed by atoms with Crippen molar-refractivity contribution in [2.24, 2.45) is 5.92 Å². The van der Waals surface area contributed by atoms with E-state index in [4.69, 9.17) is 9.84 Å². The van der Waals surface area contributed by atoms with Crippen LogP contribution in [0.5, 0.6) is 5.75 Å². The molecule has 1 N–H and O–H groups in total. The zero-order valence-corrected chi connectivity index (χ0v) is 17.1. The summed E-state index contributed by atoms with van der Waals surface area (Å²) >= 11 is 0. The smallest absolute Gasteiger partial charge is 0.416 e. The van der Waals surface area contributed by atoms with E-state index in [2.05, 4.69) is 0 Å². The summed E-state index contributed by atoms with van der Waals surface area (Å²) in [4.78, 5) is 13.1. The van der Waals surface area contributed by atoms with Crippen molar-refractivity contribution in [2.75, 3.05) is 18.0 Å². The van der Waals surface area contributed by atoms with Crippen molar-refractivity contribution in [3.05, 3.63) is 47.0 Å². The molecule has 1 saturated heterocycles. The lowest BCUT2D eigenvalue weighted by atomic mass is 9.87. The van der Waals surface area contributed by atoms with E-state index in [9.17, 15) is 18.0 Å². The van der Waals surface area contributed by atoms with Crippen LogP contribution in [0.1, 0.15) is 37.0 Å². The molecule has 2 aliphatic heterocycles. The first-order valence-electron chi connectivity index (χ1n) is 9.96. The standard InChI is InChI=1S/C23H24F3NO3/c1-13-6-14(8-17(7-13)27-11-15(12-27)21(28)29)19-9-16(23(24,25)26)10-20-18(19)4-5-22(2,3)30-20/h6-10,15H,4-5,11-12H2,1-3H3,(H,28,29). The predicted octanol–water partition coefficient (Wildman–Crippen LogP) is 5.31. The Morgan fingerprint density at radius 1 is 1.17 bits per heavy atom. The lowest BCUT2D eigenvalue weighted by molar-refractivity contribution is -0.142. The van der Waals surface area contributed by atoms with Crippen LogP contribution < -0.4 is 9.64 Å². The number of alkyl halides is 3. The number of carboxylic acid groups (broad SMARTS) is 1. The predicted molar refractivity (Wildman–Crippen MR) is 108 cm³/mol. The fourth-order valence-electron chi connectivity index (χ4n) is 4.14. The zero-order chi connectivity index (χ0) is 21.8. The van der Waals surface area contributed by atoms with Gasteiger partial charge in [0, 0.05) is 24.3 Å². The highest BCUT2D eigenvalue weighted by Crippen LogP contribution is 2.44. The molecule has 0 amide bonds. The Hall–Kier alpha value is -2.70. The maximum absolute atomic E-state index is 13.6. The lowest BCUT2D eigenvalue weighted by Crippen LogP contribution is -2.50. The summed E-state index contributed by atoms with van der Waals surface area (Å²) in [5, 5.41) is 9.12. The second-order valence-electron chi connectivity index (χ2n) is 8.86. The van der Waals surface area contributed by atoms with Crippen LogP contribution in [0.15, 0.2) is 30.3 Å². The van der Waals surface area contributed by atoms with Crippen molar-refractivity contribution in [3.63, 3.8) is 0 Å². The number of rotatable bonds is 3. The van der Waals surface area contributed by atoms with Crippen LogP contribution in [0, 0.1) is 12.8 Å². The summed E-state index contributed by atoms with van der Waals surface area (Å²) in [6.07, 6.45) is -3.14. The van der Waals surface area contributed by atoms with Gasteiger partial charge in [-0.2, -0.15) is 13.2 Å². The number of carbonyl (C=O) groups is 1. The van der Waals surface area contributed by atoms with Crippen LogP contribution in [0.2, 0.25) is 0 Å². The van der Waals surface area contributed by atoms with Gasteiger partial charge in [-0.05, 0) is 74.6 Å². The maximum Gasteiger partial charge on any atom is 0.416 e. The van der Waals surface area contributed by atoms with Crippen LogP contribution >= 0.6 is 0 Å². The van der Waals surface area contributed by atoms with Gasteiger partial charge in [-0.25, -0.2) is 0 Å². The third kappa shape index (κ3) is 3.85. The third-order valence-electron chi connectivity index (χ3n) is 5.87. The second-order valence-corrected chi connectivity index (χ2v) is 8.86. The van der Waals surface area contributed by atoms with E-state index in [0.717, 1.165) is 22.9 Å². The maximum atomic E-state index is 13.6. The molecule has 160 valence electrons. The minimum Gasteiger partial charge on any atom is -0.488 e. The number of halogens is 3. The number of anilines is 1. The van der Waals surface area contributed by atoms with Gasteiger partial charge < -0.3 is 14.7 Å². The largest absolute Gasteiger partial charge is 0.488 e. The summed E-state index contributed by atoms with van der Waals surface area (Å²) in [5.41, 5.74) is 2.48. The molecule has 7 heteroatoms. The summed E-state index contributed by atoms with van der Waals surface area (Å²) in [6, 6.07) is 7.95. The SMILES string of the molecule is Cc1cc(-c2cc(C(F)(F)F)cc3c2CCC(C)(C)O3)cc(N2CC(C(=O)O)C2)c1. The Labute approximate surface area is 173 Å². The van der Waals surface area contributed by atoms with E-state index in [1.165, 1.54) is 6.07 Å². The van der Waals surface area contributed by atoms with Gasteiger partial charge in [0.05, 0.1) is 11.5 Å². The molecule has 2 aromatic carbocycles. The van der Waals surface area contributed by atoms with Crippen molar-refractivity contribution >= 4 is 11.7 Å².